The van der Waals surface area contributed by atoms with E-state index in [1.165, 1.54) is 11.3 Å². The molecule has 0 aliphatic rings. The Bertz CT molecular complexity index is 655. The van der Waals surface area contributed by atoms with E-state index in [9.17, 15) is 4.79 Å². The smallest absolute Gasteiger partial charge is 0.270 e. The van der Waals surface area contributed by atoms with Gasteiger partial charge in [-0.1, -0.05) is 23.4 Å². The van der Waals surface area contributed by atoms with Crippen LogP contribution in [0, 0.1) is 11.8 Å². The van der Waals surface area contributed by atoms with Crippen molar-refractivity contribution in [2.75, 3.05) is 6.54 Å². The van der Waals surface area contributed by atoms with Crippen LogP contribution < -0.4 is 11.1 Å². The molecule has 20 heavy (non-hydrogen) atoms. The van der Waals surface area contributed by atoms with Crippen LogP contribution in [-0.4, -0.2) is 17.4 Å². The standard InChI is InChI=1S/C14H12ClN3OS/c15-13-6-4-11(20-13)9-18-14(19)12-5-3-10(8-17-12)2-1-7-16/h3-6,8H,7,9,16H2,(H,18,19). The molecule has 102 valence electrons. The second kappa shape index (κ2) is 7.06. The normalized spacial score (nSPS) is 9.70. The number of nitrogens with two attached hydrogens (primary N) is 1. The van der Waals surface area contributed by atoms with Gasteiger partial charge >= 0.3 is 0 Å². The zero-order valence-corrected chi connectivity index (χ0v) is 12.1. The zero-order valence-electron chi connectivity index (χ0n) is 10.5. The molecule has 4 nitrogen and oxygen atoms in total. The van der Waals surface area contributed by atoms with Gasteiger partial charge in [0.2, 0.25) is 0 Å². The predicted molar refractivity (Wildman–Crippen MR) is 80.7 cm³/mol. The number of carbonyl (C=O) groups is 1. The first-order valence-electron chi connectivity index (χ1n) is 5.86. The van der Waals surface area contributed by atoms with Crippen molar-refractivity contribution >= 4 is 28.8 Å². The summed E-state index contributed by atoms with van der Waals surface area (Å²) in [6.07, 6.45) is 1.56. The highest BCUT2D eigenvalue weighted by molar-refractivity contribution is 7.16. The molecule has 3 N–H and O–H groups in total. The first-order chi connectivity index (χ1) is 9.69. The van der Waals surface area contributed by atoms with Crippen molar-refractivity contribution < 1.29 is 4.79 Å². The summed E-state index contributed by atoms with van der Waals surface area (Å²) >= 11 is 7.26. The lowest BCUT2D eigenvalue weighted by atomic mass is 10.2. The molecule has 0 atom stereocenters. The Labute approximate surface area is 126 Å². The monoisotopic (exact) mass is 305 g/mol. The van der Waals surface area contributed by atoms with Crippen LogP contribution in [0.25, 0.3) is 0 Å². The van der Waals surface area contributed by atoms with Gasteiger partial charge in [-0.15, -0.1) is 11.3 Å². The summed E-state index contributed by atoms with van der Waals surface area (Å²) in [5.41, 5.74) is 6.37. The molecule has 0 spiro atoms. The van der Waals surface area contributed by atoms with Gasteiger partial charge in [-0.3, -0.25) is 4.79 Å². The topological polar surface area (TPSA) is 68.0 Å². The van der Waals surface area contributed by atoms with E-state index in [1.54, 1.807) is 24.4 Å². The molecule has 2 rings (SSSR count). The number of nitrogens with one attached hydrogen (secondary N) is 1. The van der Waals surface area contributed by atoms with Crippen LogP contribution >= 0.6 is 22.9 Å². The summed E-state index contributed by atoms with van der Waals surface area (Å²) in [6.45, 7) is 0.734. The van der Waals surface area contributed by atoms with Gasteiger partial charge in [-0.2, -0.15) is 0 Å². The fraction of sp³-hybridized carbons (Fsp3) is 0.143. The maximum Gasteiger partial charge on any atom is 0.270 e. The first kappa shape index (κ1) is 14.5. The molecule has 6 heteroatoms. The third kappa shape index (κ3) is 4.07. The average Bonchev–Trinajstić information content (AvgIpc) is 2.89. The highest BCUT2D eigenvalue weighted by Crippen LogP contribution is 2.21. The Kier molecular flexibility index (Phi) is 5.13. The quantitative estimate of drug-likeness (QED) is 0.853. The first-order valence-corrected chi connectivity index (χ1v) is 7.06. The number of aromatic nitrogens is 1. The summed E-state index contributed by atoms with van der Waals surface area (Å²) in [6, 6.07) is 7.06. The minimum Gasteiger partial charge on any atom is -0.346 e. The Morgan fingerprint density at radius 3 is 2.85 bits per heavy atom. The van der Waals surface area contributed by atoms with Crippen LogP contribution in [0.1, 0.15) is 20.9 Å². The lowest BCUT2D eigenvalue weighted by molar-refractivity contribution is 0.0946. The molecule has 0 saturated heterocycles. The largest absolute Gasteiger partial charge is 0.346 e. The molecular weight excluding hydrogens is 294 g/mol. The Morgan fingerprint density at radius 2 is 2.25 bits per heavy atom. The maximum atomic E-state index is 11.9. The number of halogens is 1. The van der Waals surface area contributed by atoms with Gasteiger partial charge in [0.25, 0.3) is 5.91 Å². The molecule has 2 aromatic heterocycles. The van der Waals surface area contributed by atoms with Gasteiger partial charge in [0.15, 0.2) is 0 Å². The second-order valence-electron chi connectivity index (χ2n) is 3.83. The molecule has 0 bridgehead atoms. The number of carbonyl (C=O) groups excluding carboxylic acids is 1. The van der Waals surface area contributed by atoms with Crippen LogP contribution in [0.4, 0.5) is 0 Å². The van der Waals surface area contributed by atoms with Crippen LogP contribution in [-0.2, 0) is 6.54 Å². The van der Waals surface area contributed by atoms with Gasteiger partial charge in [-0.05, 0) is 24.3 Å². The summed E-state index contributed by atoms with van der Waals surface area (Å²) < 4.78 is 0.704. The Hall–Kier alpha value is -1.87. The number of amides is 1. The van der Waals surface area contributed by atoms with E-state index in [0.29, 0.717) is 23.1 Å². The van der Waals surface area contributed by atoms with Crippen molar-refractivity contribution in [2.45, 2.75) is 6.54 Å². The van der Waals surface area contributed by atoms with Crippen LogP contribution in [0.2, 0.25) is 4.34 Å². The zero-order chi connectivity index (χ0) is 14.4. The van der Waals surface area contributed by atoms with Gasteiger partial charge < -0.3 is 11.1 Å². The van der Waals surface area contributed by atoms with Crippen molar-refractivity contribution in [1.82, 2.24) is 10.3 Å². The molecule has 0 unspecified atom stereocenters. The maximum absolute atomic E-state index is 11.9. The summed E-state index contributed by atoms with van der Waals surface area (Å²) in [4.78, 5) is 17.0. The molecular formula is C14H12ClN3OS. The van der Waals surface area contributed by atoms with Crippen LogP contribution in [0.3, 0.4) is 0 Å². The summed E-state index contributed by atoms with van der Waals surface area (Å²) in [5, 5.41) is 2.79. The highest BCUT2D eigenvalue weighted by Gasteiger charge is 2.07. The van der Waals surface area contributed by atoms with E-state index in [0.717, 1.165) is 10.4 Å². The van der Waals surface area contributed by atoms with Crippen LogP contribution in [0.5, 0.6) is 0 Å². The van der Waals surface area contributed by atoms with E-state index in [4.69, 9.17) is 17.3 Å². The molecule has 0 fully saturated rings. The minimum atomic E-state index is -0.229. The van der Waals surface area contributed by atoms with Gasteiger partial charge in [0.1, 0.15) is 5.69 Å². The second-order valence-corrected chi connectivity index (χ2v) is 5.63. The van der Waals surface area contributed by atoms with Crippen LogP contribution in [0.15, 0.2) is 30.5 Å². The number of thiophene rings is 1. The molecule has 0 aliphatic heterocycles. The number of hydrogen-bond acceptors (Lipinski definition) is 4. The lowest BCUT2D eigenvalue weighted by Crippen LogP contribution is -2.23. The Balaban J connectivity index is 1.95. The molecule has 0 aliphatic carbocycles. The Morgan fingerprint density at radius 1 is 1.40 bits per heavy atom. The van der Waals surface area contributed by atoms with E-state index >= 15 is 0 Å². The van der Waals surface area contributed by atoms with E-state index in [1.807, 2.05) is 6.07 Å². The van der Waals surface area contributed by atoms with E-state index < -0.39 is 0 Å². The van der Waals surface area contributed by atoms with Crippen molar-refractivity contribution in [3.8, 4) is 11.8 Å². The molecule has 1 amide bonds. The molecule has 2 aromatic rings. The predicted octanol–water partition coefficient (Wildman–Crippen LogP) is 2.04. The minimum absolute atomic E-state index is 0.229. The third-order valence-electron chi connectivity index (χ3n) is 2.38. The molecule has 2 heterocycles. The third-order valence-corrected chi connectivity index (χ3v) is 3.61. The summed E-state index contributed by atoms with van der Waals surface area (Å²) in [7, 11) is 0. The fourth-order valence-electron chi connectivity index (χ4n) is 1.46. The fourth-order valence-corrected chi connectivity index (χ4v) is 2.49. The molecule has 0 saturated carbocycles. The van der Waals surface area contributed by atoms with Crippen molar-refractivity contribution in [3.63, 3.8) is 0 Å². The van der Waals surface area contributed by atoms with Gasteiger partial charge in [0, 0.05) is 16.6 Å². The van der Waals surface area contributed by atoms with Crippen molar-refractivity contribution in [2.24, 2.45) is 5.73 Å². The van der Waals surface area contributed by atoms with Gasteiger partial charge in [0.05, 0.1) is 17.4 Å². The van der Waals surface area contributed by atoms with Crippen molar-refractivity contribution in [1.29, 1.82) is 0 Å². The number of pyridine rings is 1. The number of hydrogen-bond donors (Lipinski definition) is 2. The van der Waals surface area contributed by atoms with E-state index in [-0.39, 0.29) is 5.91 Å². The lowest BCUT2D eigenvalue weighted by Gasteiger charge is -2.02. The van der Waals surface area contributed by atoms with Gasteiger partial charge in [-0.25, -0.2) is 4.98 Å². The highest BCUT2D eigenvalue weighted by atomic mass is 35.5. The van der Waals surface area contributed by atoms with Crippen molar-refractivity contribution in [3.05, 3.63) is 50.9 Å². The van der Waals surface area contributed by atoms with E-state index in [2.05, 4.69) is 22.1 Å². The molecule has 0 aromatic carbocycles. The summed E-state index contributed by atoms with van der Waals surface area (Å²) in [5.74, 6) is 5.35. The number of nitrogens with zero attached hydrogens (tertiary/aromatic N) is 1. The molecule has 0 radical (unpaired) electrons. The number of rotatable bonds is 3. The average molecular weight is 306 g/mol. The SMILES string of the molecule is NCC#Cc1ccc(C(=O)NCc2ccc(Cl)s2)nc1.